The molecule has 0 bridgehead atoms. The maximum Gasteiger partial charge on any atom is 0.249 e. The van der Waals surface area contributed by atoms with Crippen molar-refractivity contribution >= 4 is 5.69 Å². The predicted octanol–water partition coefficient (Wildman–Crippen LogP) is 0.451. The van der Waals surface area contributed by atoms with E-state index >= 15 is 0 Å². The minimum absolute atomic E-state index is 0.346. The smallest absolute Gasteiger partial charge is 0.249 e. The van der Waals surface area contributed by atoms with Crippen molar-refractivity contribution in [2.75, 3.05) is 38.1 Å². The first-order valence-corrected chi connectivity index (χ1v) is 5.84. The lowest BCUT2D eigenvalue weighted by Crippen LogP contribution is -2.41. The molecule has 0 unspecified atom stereocenters. The number of anilines is 1. The third-order valence-electron chi connectivity index (χ3n) is 2.87. The summed E-state index contributed by atoms with van der Waals surface area (Å²) in [6, 6.07) is 1.42. The van der Waals surface area contributed by atoms with Crippen LogP contribution in [0.2, 0.25) is 0 Å². The highest BCUT2D eigenvalue weighted by atomic mass is 16.2. The molecule has 0 saturated heterocycles. The first kappa shape index (κ1) is 12.9. The number of likely N-dealkylation sites (N-methyl/N-ethyl adjacent to an activating group) is 2. The first-order valence-electron chi connectivity index (χ1n) is 5.84. The third kappa shape index (κ3) is 2.92. The molecular formula is C12H20N2O2. The summed E-state index contributed by atoms with van der Waals surface area (Å²) in [6.07, 6.45) is 1.14. The van der Waals surface area contributed by atoms with Crippen molar-refractivity contribution in [1.82, 2.24) is 4.90 Å². The van der Waals surface area contributed by atoms with Gasteiger partial charge in [-0.05, 0) is 19.5 Å². The standard InChI is InChI=1S/C12H20N2O2/c1-4-6-14(5-2)8-7-13(3)10-9-11(15)12(10)16/h9H,4-8H2,1-3H3. The Balaban J connectivity index is 2.41. The van der Waals surface area contributed by atoms with Crippen molar-refractivity contribution in [2.45, 2.75) is 20.3 Å². The Morgan fingerprint density at radius 2 is 1.81 bits per heavy atom. The highest BCUT2D eigenvalue weighted by molar-refractivity contribution is 5.49. The number of nitrogens with zero attached hydrogens (tertiary/aromatic N) is 2. The molecule has 0 fully saturated rings. The summed E-state index contributed by atoms with van der Waals surface area (Å²) >= 11 is 0. The van der Waals surface area contributed by atoms with Gasteiger partial charge in [0.1, 0.15) is 0 Å². The maximum absolute atomic E-state index is 11.2. The van der Waals surface area contributed by atoms with Gasteiger partial charge in [0.2, 0.25) is 10.9 Å². The van der Waals surface area contributed by atoms with Crippen molar-refractivity contribution < 1.29 is 0 Å². The normalized spacial score (nSPS) is 11.2. The Morgan fingerprint density at radius 1 is 1.12 bits per heavy atom. The Hall–Kier alpha value is -1.16. The van der Waals surface area contributed by atoms with Gasteiger partial charge in [-0.3, -0.25) is 9.59 Å². The zero-order valence-corrected chi connectivity index (χ0v) is 10.3. The fraction of sp³-hybridized carbons (Fsp3) is 0.667. The summed E-state index contributed by atoms with van der Waals surface area (Å²) < 4.78 is 0. The average molecular weight is 224 g/mol. The highest BCUT2D eigenvalue weighted by Gasteiger charge is 2.13. The number of hydrogen-bond donors (Lipinski definition) is 0. The van der Waals surface area contributed by atoms with Crippen LogP contribution in [0.1, 0.15) is 20.3 Å². The fourth-order valence-corrected chi connectivity index (χ4v) is 1.74. The molecule has 0 saturated carbocycles. The van der Waals surface area contributed by atoms with Crippen molar-refractivity contribution in [3.63, 3.8) is 0 Å². The van der Waals surface area contributed by atoms with Crippen molar-refractivity contribution in [3.05, 3.63) is 26.5 Å². The van der Waals surface area contributed by atoms with Gasteiger partial charge in [0.05, 0.1) is 5.69 Å². The molecule has 0 spiro atoms. The van der Waals surface area contributed by atoms with E-state index in [1.54, 1.807) is 0 Å². The molecule has 0 N–H and O–H groups in total. The van der Waals surface area contributed by atoms with Crippen molar-refractivity contribution in [3.8, 4) is 0 Å². The van der Waals surface area contributed by atoms with E-state index in [0.717, 1.165) is 32.6 Å². The quantitative estimate of drug-likeness (QED) is 0.631. The monoisotopic (exact) mass is 224 g/mol. The predicted molar refractivity (Wildman–Crippen MR) is 67.0 cm³/mol. The van der Waals surface area contributed by atoms with E-state index in [1.165, 1.54) is 6.07 Å². The number of hydrogen-bond acceptors (Lipinski definition) is 4. The van der Waals surface area contributed by atoms with Gasteiger partial charge in [0.15, 0.2) is 0 Å². The molecule has 0 aliphatic heterocycles. The van der Waals surface area contributed by atoms with E-state index in [1.807, 2.05) is 11.9 Å². The van der Waals surface area contributed by atoms with Crippen LogP contribution in [0.4, 0.5) is 5.69 Å². The van der Waals surface area contributed by atoms with Crippen LogP contribution in [0, 0.1) is 0 Å². The summed E-state index contributed by atoms with van der Waals surface area (Å²) in [5.74, 6) is 0. The molecule has 1 aromatic carbocycles. The van der Waals surface area contributed by atoms with E-state index in [-0.39, 0.29) is 10.9 Å². The highest BCUT2D eigenvalue weighted by Crippen LogP contribution is 2.03. The molecule has 0 aliphatic carbocycles. The summed E-state index contributed by atoms with van der Waals surface area (Å²) in [4.78, 5) is 26.1. The molecule has 4 heteroatoms. The molecule has 0 aliphatic rings. The van der Waals surface area contributed by atoms with Gasteiger partial charge in [-0.15, -0.1) is 0 Å². The molecule has 4 nitrogen and oxygen atoms in total. The van der Waals surface area contributed by atoms with Crippen LogP contribution in [0.15, 0.2) is 15.7 Å². The van der Waals surface area contributed by atoms with Crippen LogP contribution in [0.5, 0.6) is 0 Å². The minimum atomic E-state index is -0.372. The van der Waals surface area contributed by atoms with Crippen LogP contribution < -0.4 is 15.8 Å². The van der Waals surface area contributed by atoms with Crippen LogP contribution in [0.25, 0.3) is 0 Å². The van der Waals surface area contributed by atoms with Crippen LogP contribution >= 0.6 is 0 Å². The Kier molecular flexibility index (Phi) is 4.68. The largest absolute Gasteiger partial charge is 0.370 e. The molecule has 0 amide bonds. The molecular weight excluding hydrogens is 204 g/mol. The van der Waals surface area contributed by atoms with Gasteiger partial charge < -0.3 is 9.80 Å². The van der Waals surface area contributed by atoms with Gasteiger partial charge in [0.25, 0.3) is 0 Å². The maximum atomic E-state index is 11.2. The second kappa shape index (κ2) is 5.80. The van der Waals surface area contributed by atoms with E-state index in [9.17, 15) is 9.59 Å². The van der Waals surface area contributed by atoms with E-state index in [0.29, 0.717) is 5.69 Å². The molecule has 90 valence electrons. The van der Waals surface area contributed by atoms with Crippen LogP contribution in [0.3, 0.4) is 0 Å². The minimum Gasteiger partial charge on any atom is -0.370 e. The molecule has 1 rings (SSSR count). The van der Waals surface area contributed by atoms with Crippen LogP contribution in [-0.4, -0.2) is 38.1 Å². The third-order valence-corrected chi connectivity index (χ3v) is 2.87. The Bertz CT molecular complexity index is 393. The van der Waals surface area contributed by atoms with E-state index < -0.39 is 0 Å². The topological polar surface area (TPSA) is 40.6 Å². The zero-order valence-electron chi connectivity index (χ0n) is 10.3. The van der Waals surface area contributed by atoms with Gasteiger partial charge in [-0.2, -0.15) is 0 Å². The second-order valence-corrected chi connectivity index (χ2v) is 4.08. The van der Waals surface area contributed by atoms with Gasteiger partial charge >= 0.3 is 0 Å². The van der Waals surface area contributed by atoms with Gasteiger partial charge in [-0.25, -0.2) is 0 Å². The lowest BCUT2D eigenvalue weighted by Gasteiger charge is -2.25. The van der Waals surface area contributed by atoms with Gasteiger partial charge in [-0.1, -0.05) is 13.8 Å². The summed E-state index contributed by atoms with van der Waals surface area (Å²) in [7, 11) is 1.86. The van der Waals surface area contributed by atoms with Crippen molar-refractivity contribution in [1.29, 1.82) is 0 Å². The average Bonchev–Trinajstić information content (AvgIpc) is 2.30. The zero-order chi connectivity index (χ0) is 12.1. The summed E-state index contributed by atoms with van der Waals surface area (Å²) in [6.45, 7) is 8.11. The lowest BCUT2D eigenvalue weighted by atomic mass is 10.2. The molecule has 0 atom stereocenters. The Labute approximate surface area is 96.2 Å². The van der Waals surface area contributed by atoms with E-state index in [4.69, 9.17) is 0 Å². The van der Waals surface area contributed by atoms with Gasteiger partial charge in [0, 0.05) is 26.2 Å². The Morgan fingerprint density at radius 3 is 2.25 bits per heavy atom. The number of rotatable bonds is 7. The lowest BCUT2D eigenvalue weighted by molar-refractivity contribution is 0.295. The second-order valence-electron chi connectivity index (χ2n) is 4.08. The molecule has 0 aromatic heterocycles. The first-order chi connectivity index (χ1) is 7.60. The molecule has 0 radical (unpaired) electrons. The van der Waals surface area contributed by atoms with E-state index in [2.05, 4.69) is 18.7 Å². The SMILES string of the molecule is CCCN(CC)CCN(C)c1cc(=O)c1=O. The molecule has 0 heterocycles. The fourth-order valence-electron chi connectivity index (χ4n) is 1.74. The molecule has 1 aromatic rings. The molecule has 16 heavy (non-hydrogen) atoms. The van der Waals surface area contributed by atoms with Crippen LogP contribution in [-0.2, 0) is 0 Å². The van der Waals surface area contributed by atoms with Crippen molar-refractivity contribution in [2.24, 2.45) is 0 Å². The summed E-state index contributed by atoms with van der Waals surface area (Å²) in [5, 5.41) is 0. The summed E-state index contributed by atoms with van der Waals surface area (Å²) in [5.41, 5.74) is -0.165.